The zero-order valence-electron chi connectivity index (χ0n) is 18.6. The number of nitrogens with one attached hydrogen (secondary N) is 2. The zero-order chi connectivity index (χ0) is 24.0. The third-order valence-corrected chi connectivity index (χ3v) is 7.08. The maximum atomic E-state index is 12.6. The van der Waals surface area contributed by atoms with E-state index < -0.39 is 0 Å². The number of anilines is 2. The van der Waals surface area contributed by atoms with E-state index in [0.29, 0.717) is 16.4 Å². The second-order valence-corrected chi connectivity index (χ2v) is 9.69. The van der Waals surface area contributed by atoms with E-state index in [1.165, 1.54) is 23.1 Å². The average Bonchev–Trinajstić information content (AvgIpc) is 3.37. The van der Waals surface area contributed by atoms with Crippen LogP contribution in [0.5, 0.6) is 0 Å². The molecule has 5 aromatic rings. The van der Waals surface area contributed by atoms with Crippen molar-refractivity contribution in [2.45, 2.75) is 4.90 Å². The molecule has 0 saturated carbocycles. The highest BCUT2D eigenvalue weighted by molar-refractivity contribution is 8.00. The molecule has 0 aliphatic carbocycles. The molecule has 2 amide bonds. The molecular formula is C28H21N3O2S2. The van der Waals surface area contributed by atoms with Crippen LogP contribution in [0.2, 0.25) is 0 Å². The first-order valence-corrected chi connectivity index (χ1v) is 12.8. The SMILES string of the molecule is O=C(CSc1ccc(NC(=O)c2ccc3ccccc3c2)cc1)Nc1nc(-c2ccccc2)cs1. The molecule has 4 aromatic carbocycles. The van der Waals surface area contributed by atoms with Crippen molar-refractivity contribution in [3.05, 3.63) is 108 Å². The lowest BCUT2D eigenvalue weighted by Crippen LogP contribution is -2.13. The van der Waals surface area contributed by atoms with Crippen molar-refractivity contribution in [3.63, 3.8) is 0 Å². The van der Waals surface area contributed by atoms with Gasteiger partial charge in [-0.15, -0.1) is 23.1 Å². The van der Waals surface area contributed by atoms with Crippen molar-refractivity contribution in [1.82, 2.24) is 4.98 Å². The van der Waals surface area contributed by atoms with Crippen LogP contribution in [-0.2, 0) is 4.79 Å². The van der Waals surface area contributed by atoms with E-state index >= 15 is 0 Å². The van der Waals surface area contributed by atoms with E-state index in [9.17, 15) is 9.59 Å². The first-order chi connectivity index (χ1) is 17.1. The Balaban J connectivity index is 1.13. The Morgan fingerprint density at radius 2 is 1.54 bits per heavy atom. The Bertz CT molecular complexity index is 1480. The number of amides is 2. The number of nitrogens with zero attached hydrogens (tertiary/aromatic N) is 1. The van der Waals surface area contributed by atoms with E-state index in [2.05, 4.69) is 15.6 Å². The topological polar surface area (TPSA) is 71.1 Å². The van der Waals surface area contributed by atoms with Gasteiger partial charge in [0.05, 0.1) is 11.4 Å². The number of hydrogen-bond acceptors (Lipinski definition) is 5. The van der Waals surface area contributed by atoms with Crippen LogP contribution in [-0.4, -0.2) is 22.6 Å². The molecule has 0 aliphatic heterocycles. The number of carbonyl (C=O) groups excluding carboxylic acids is 2. The summed E-state index contributed by atoms with van der Waals surface area (Å²) >= 11 is 2.84. The number of benzene rings is 4. The summed E-state index contributed by atoms with van der Waals surface area (Å²) in [6, 6.07) is 30.9. The summed E-state index contributed by atoms with van der Waals surface area (Å²) in [6.07, 6.45) is 0. The fourth-order valence-electron chi connectivity index (χ4n) is 3.55. The lowest BCUT2D eigenvalue weighted by molar-refractivity contribution is -0.113. The Kier molecular flexibility index (Phi) is 6.88. The largest absolute Gasteiger partial charge is 0.322 e. The van der Waals surface area contributed by atoms with E-state index in [4.69, 9.17) is 0 Å². The van der Waals surface area contributed by atoms with Crippen LogP contribution in [0.4, 0.5) is 10.8 Å². The molecule has 7 heteroatoms. The third-order valence-electron chi connectivity index (χ3n) is 5.31. The average molecular weight is 496 g/mol. The minimum atomic E-state index is -0.158. The van der Waals surface area contributed by atoms with Gasteiger partial charge in [-0.1, -0.05) is 60.7 Å². The highest BCUT2D eigenvalue weighted by Gasteiger charge is 2.10. The van der Waals surface area contributed by atoms with E-state index in [1.54, 1.807) is 0 Å². The van der Waals surface area contributed by atoms with Crippen molar-refractivity contribution < 1.29 is 9.59 Å². The van der Waals surface area contributed by atoms with E-state index in [1.807, 2.05) is 102 Å². The highest BCUT2D eigenvalue weighted by atomic mass is 32.2. The van der Waals surface area contributed by atoms with Gasteiger partial charge in [0.15, 0.2) is 5.13 Å². The van der Waals surface area contributed by atoms with Gasteiger partial charge in [0, 0.05) is 27.1 Å². The predicted octanol–water partition coefficient (Wildman–Crippen LogP) is 6.95. The first-order valence-electron chi connectivity index (χ1n) is 11.0. The molecule has 1 aromatic heterocycles. The fourth-order valence-corrected chi connectivity index (χ4v) is 4.98. The van der Waals surface area contributed by atoms with Crippen molar-refractivity contribution in [3.8, 4) is 11.3 Å². The molecule has 5 nitrogen and oxygen atoms in total. The molecule has 0 radical (unpaired) electrons. The molecule has 0 atom stereocenters. The van der Waals surface area contributed by atoms with Crippen LogP contribution in [0, 0.1) is 0 Å². The second-order valence-electron chi connectivity index (χ2n) is 7.78. The van der Waals surface area contributed by atoms with Crippen LogP contribution in [0.3, 0.4) is 0 Å². The number of carbonyl (C=O) groups is 2. The van der Waals surface area contributed by atoms with Crippen molar-refractivity contribution in [1.29, 1.82) is 0 Å². The molecule has 0 saturated heterocycles. The van der Waals surface area contributed by atoms with Crippen LogP contribution in [0.15, 0.2) is 107 Å². The summed E-state index contributed by atoms with van der Waals surface area (Å²) in [7, 11) is 0. The molecule has 35 heavy (non-hydrogen) atoms. The minimum Gasteiger partial charge on any atom is -0.322 e. The predicted molar refractivity (Wildman–Crippen MR) is 145 cm³/mol. The van der Waals surface area contributed by atoms with Crippen LogP contribution in [0.1, 0.15) is 10.4 Å². The van der Waals surface area contributed by atoms with Gasteiger partial charge in [-0.25, -0.2) is 4.98 Å². The fraction of sp³-hybridized carbons (Fsp3) is 0.0357. The molecular weight excluding hydrogens is 474 g/mol. The molecule has 1 heterocycles. The number of aromatic nitrogens is 1. The summed E-state index contributed by atoms with van der Waals surface area (Å²) in [6.45, 7) is 0. The smallest absolute Gasteiger partial charge is 0.255 e. The first kappa shape index (κ1) is 22.8. The van der Waals surface area contributed by atoms with Crippen molar-refractivity contribution in [2.75, 3.05) is 16.4 Å². The van der Waals surface area contributed by atoms with Gasteiger partial charge in [-0.05, 0) is 47.2 Å². The molecule has 5 rings (SSSR count). The molecule has 2 N–H and O–H groups in total. The van der Waals surface area contributed by atoms with Gasteiger partial charge in [0.25, 0.3) is 5.91 Å². The standard InChI is InChI=1S/C28H21N3O2S2/c32-26(31-28-30-25(17-35-28)20-7-2-1-3-8-20)18-34-24-14-12-23(13-15-24)29-27(33)22-11-10-19-6-4-5-9-21(19)16-22/h1-17H,18H2,(H,29,33)(H,30,31,32). The molecule has 0 spiro atoms. The quantitative estimate of drug-likeness (QED) is 0.240. The van der Waals surface area contributed by atoms with Crippen molar-refractivity contribution in [2.24, 2.45) is 0 Å². The number of rotatable bonds is 7. The molecule has 0 unspecified atom stereocenters. The lowest BCUT2D eigenvalue weighted by atomic mass is 10.1. The Hall–Kier alpha value is -3.94. The van der Waals surface area contributed by atoms with Crippen LogP contribution in [0.25, 0.3) is 22.0 Å². The van der Waals surface area contributed by atoms with E-state index in [-0.39, 0.29) is 17.6 Å². The maximum Gasteiger partial charge on any atom is 0.255 e. The third kappa shape index (κ3) is 5.77. The van der Waals surface area contributed by atoms with Crippen LogP contribution < -0.4 is 10.6 Å². The van der Waals surface area contributed by atoms with Crippen molar-refractivity contribution >= 4 is 56.5 Å². The summed E-state index contributed by atoms with van der Waals surface area (Å²) in [5.41, 5.74) is 3.18. The van der Waals surface area contributed by atoms with Gasteiger partial charge < -0.3 is 10.6 Å². The minimum absolute atomic E-state index is 0.113. The zero-order valence-corrected chi connectivity index (χ0v) is 20.2. The monoisotopic (exact) mass is 495 g/mol. The summed E-state index contributed by atoms with van der Waals surface area (Å²) in [5, 5.41) is 10.4. The molecule has 0 aliphatic rings. The summed E-state index contributed by atoms with van der Waals surface area (Å²) in [5.74, 6) is -0.00485. The summed E-state index contributed by atoms with van der Waals surface area (Å²) < 4.78 is 0. The summed E-state index contributed by atoms with van der Waals surface area (Å²) in [4.78, 5) is 30.5. The van der Waals surface area contributed by atoms with Crippen LogP contribution >= 0.6 is 23.1 Å². The number of hydrogen-bond donors (Lipinski definition) is 2. The highest BCUT2D eigenvalue weighted by Crippen LogP contribution is 2.26. The number of fused-ring (bicyclic) bond motifs is 1. The van der Waals surface area contributed by atoms with Gasteiger partial charge in [0.2, 0.25) is 5.91 Å². The molecule has 0 fully saturated rings. The normalized spacial score (nSPS) is 10.7. The van der Waals surface area contributed by atoms with Gasteiger partial charge >= 0.3 is 0 Å². The van der Waals surface area contributed by atoms with Gasteiger partial charge in [-0.2, -0.15) is 0 Å². The van der Waals surface area contributed by atoms with E-state index in [0.717, 1.165) is 26.9 Å². The maximum absolute atomic E-state index is 12.6. The second kappa shape index (κ2) is 10.5. The lowest BCUT2D eigenvalue weighted by Gasteiger charge is -2.08. The Labute approximate surface area is 211 Å². The Morgan fingerprint density at radius 1 is 0.800 bits per heavy atom. The number of thioether (sulfide) groups is 1. The van der Waals surface area contributed by atoms with Gasteiger partial charge in [-0.3, -0.25) is 9.59 Å². The Morgan fingerprint density at radius 3 is 2.34 bits per heavy atom. The molecule has 0 bridgehead atoms. The van der Waals surface area contributed by atoms with Gasteiger partial charge in [0.1, 0.15) is 0 Å². The molecule has 172 valence electrons. The number of thiazole rings is 1.